The number of benzene rings is 1. The van der Waals surface area contributed by atoms with Gasteiger partial charge in [-0.15, -0.1) is 0 Å². The highest BCUT2D eigenvalue weighted by Gasteiger charge is 2.12. The average Bonchev–Trinajstić information content (AvgIpc) is 2.58. The summed E-state index contributed by atoms with van der Waals surface area (Å²) in [5, 5.41) is 2.69. The maximum atomic E-state index is 13.2. The summed E-state index contributed by atoms with van der Waals surface area (Å²) in [6.07, 6.45) is 3.64. The second kappa shape index (κ2) is 8.64. The maximum absolute atomic E-state index is 13.2. The molecule has 0 spiro atoms. The van der Waals surface area contributed by atoms with Crippen LogP contribution in [0.2, 0.25) is 5.02 Å². The van der Waals surface area contributed by atoms with Crippen LogP contribution in [0.3, 0.4) is 0 Å². The van der Waals surface area contributed by atoms with E-state index in [1.54, 1.807) is 18.3 Å². The first-order valence-electron chi connectivity index (χ1n) is 8.02. The Kier molecular flexibility index (Phi) is 6.55. The summed E-state index contributed by atoms with van der Waals surface area (Å²) in [7, 11) is 0. The van der Waals surface area contributed by atoms with Gasteiger partial charge < -0.3 is 10.2 Å². The van der Waals surface area contributed by atoms with Crippen LogP contribution < -0.4 is 10.2 Å². The van der Waals surface area contributed by atoms with Gasteiger partial charge in [0.2, 0.25) is 0 Å². The zero-order chi connectivity index (χ0) is 17.5. The zero-order valence-corrected chi connectivity index (χ0v) is 14.6. The van der Waals surface area contributed by atoms with Crippen molar-refractivity contribution in [2.75, 3.05) is 23.3 Å². The lowest BCUT2D eigenvalue weighted by Gasteiger charge is -2.22. The lowest BCUT2D eigenvalue weighted by molar-refractivity contribution is 0.102. The fourth-order valence-corrected chi connectivity index (χ4v) is 2.57. The van der Waals surface area contributed by atoms with Gasteiger partial charge in [0.05, 0.1) is 5.02 Å². The minimum atomic E-state index is -0.518. The van der Waals surface area contributed by atoms with E-state index < -0.39 is 5.82 Å². The van der Waals surface area contributed by atoms with Crippen LogP contribution in [-0.2, 0) is 0 Å². The molecule has 128 valence electrons. The van der Waals surface area contributed by atoms with Gasteiger partial charge in [-0.1, -0.05) is 25.4 Å². The standard InChI is InChI=1S/C18H21ClFN3O/c1-3-9-23(10-4-2)17-11-13(7-8-21-17)18(24)22-14-5-6-16(20)15(19)12-14/h5-8,11-12H,3-4,9-10H2,1-2H3,(H,22,24). The Labute approximate surface area is 146 Å². The molecule has 1 amide bonds. The highest BCUT2D eigenvalue weighted by atomic mass is 35.5. The smallest absolute Gasteiger partial charge is 0.255 e. The predicted molar refractivity (Wildman–Crippen MR) is 96.4 cm³/mol. The summed E-state index contributed by atoms with van der Waals surface area (Å²) < 4.78 is 13.2. The summed E-state index contributed by atoms with van der Waals surface area (Å²) in [4.78, 5) is 18.9. The third-order valence-corrected chi connectivity index (χ3v) is 3.79. The van der Waals surface area contributed by atoms with Gasteiger partial charge in [-0.25, -0.2) is 9.37 Å². The van der Waals surface area contributed by atoms with Crippen LogP contribution in [0.1, 0.15) is 37.0 Å². The summed E-state index contributed by atoms with van der Waals surface area (Å²) in [6, 6.07) is 7.50. The van der Waals surface area contributed by atoms with Gasteiger partial charge in [-0.05, 0) is 43.2 Å². The number of nitrogens with zero attached hydrogens (tertiary/aromatic N) is 2. The lowest BCUT2D eigenvalue weighted by atomic mass is 10.2. The van der Waals surface area contributed by atoms with E-state index in [1.807, 2.05) is 0 Å². The summed E-state index contributed by atoms with van der Waals surface area (Å²) >= 11 is 5.74. The molecule has 2 aromatic rings. The van der Waals surface area contributed by atoms with E-state index in [1.165, 1.54) is 18.2 Å². The molecule has 1 N–H and O–H groups in total. The van der Waals surface area contributed by atoms with Gasteiger partial charge in [0.1, 0.15) is 11.6 Å². The SMILES string of the molecule is CCCN(CCC)c1cc(C(=O)Nc2ccc(F)c(Cl)c2)ccn1. The van der Waals surface area contributed by atoms with Gasteiger partial charge in [0.15, 0.2) is 0 Å². The van der Waals surface area contributed by atoms with E-state index in [9.17, 15) is 9.18 Å². The Hall–Kier alpha value is -2.14. The average molecular weight is 350 g/mol. The van der Waals surface area contributed by atoms with E-state index in [-0.39, 0.29) is 10.9 Å². The summed E-state index contributed by atoms with van der Waals surface area (Å²) in [6.45, 7) is 5.99. The van der Waals surface area contributed by atoms with Crippen molar-refractivity contribution in [1.82, 2.24) is 4.98 Å². The maximum Gasteiger partial charge on any atom is 0.255 e. The number of anilines is 2. The van der Waals surface area contributed by atoms with Crippen LogP contribution in [0, 0.1) is 5.82 Å². The van der Waals surface area contributed by atoms with E-state index >= 15 is 0 Å². The molecule has 0 saturated carbocycles. The number of nitrogens with one attached hydrogen (secondary N) is 1. The number of halogens is 2. The van der Waals surface area contributed by atoms with Crippen LogP contribution in [0.4, 0.5) is 15.9 Å². The van der Waals surface area contributed by atoms with E-state index in [2.05, 4.69) is 29.0 Å². The van der Waals surface area contributed by atoms with Crippen molar-refractivity contribution in [2.24, 2.45) is 0 Å². The van der Waals surface area contributed by atoms with Crippen LogP contribution in [-0.4, -0.2) is 24.0 Å². The number of hydrogen-bond donors (Lipinski definition) is 1. The fraction of sp³-hybridized carbons (Fsp3) is 0.333. The largest absolute Gasteiger partial charge is 0.357 e. The van der Waals surface area contributed by atoms with Gasteiger partial charge in [-0.3, -0.25) is 4.79 Å². The molecule has 24 heavy (non-hydrogen) atoms. The van der Waals surface area contributed by atoms with Crippen molar-refractivity contribution in [3.63, 3.8) is 0 Å². The number of rotatable bonds is 7. The van der Waals surface area contributed by atoms with Crippen LogP contribution in [0.5, 0.6) is 0 Å². The number of hydrogen-bond acceptors (Lipinski definition) is 3. The quantitative estimate of drug-likeness (QED) is 0.784. The van der Waals surface area contributed by atoms with Crippen molar-refractivity contribution in [3.8, 4) is 0 Å². The fourth-order valence-electron chi connectivity index (χ4n) is 2.39. The first-order valence-corrected chi connectivity index (χ1v) is 8.40. The third kappa shape index (κ3) is 4.68. The topological polar surface area (TPSA) is 45.2 Å². The molecule has 0 fully saturated rings. The predicted octanol–water partition coefficient (Wildman–Crippen LogP) is 4.75. The number of pyridine rings is 1. The first-order chi connectivity index (χ1) is 11.5. The van der Waals surface area contributed by atoms with Crippen LogP contribution in [0.25, 0.3) is 0 Å². The molecule has 1 aromatic heterocycles. The normalized spacial score (nSPS) is 10.5. The molecular formula is C18H21ClFN3O. The number of aromatic nitrogens is 1. The molecule has 2 rings (SSSR count). The Morgan fingerprint density at radius 3 is 2.54 bits per heavy atom. The van der Waals surface area contributed by atoms with Crippen molar-refractivity contribution in [1.29, 1.82) is 0 Å². The van der Waals surface area contributed by atoms with Gasteiger partial charge in [-0.2, -0.15) is 0 Å². The van der Waals surface area contributed by atoms with E-state index in [0.29, 0.717) is 11.3 Å². The molecule has 0 aliphatic heterocycles. The van der Waals surface area contributed by atoms with Crippen LogP contribution >= 0.6 is 11.6 Å². The third-order valence-electron chi connectivity index (χ3n) is 3.50. The molecular weight excluding hydrogens is 329 g/mol. The molecule has 6 heteroatoms. The minimum Gasteiger partial charge on any atom is -0.357 e. The molecule has 0 bridgehead atoms. The van der Waals surface area contributed by atoms with Crippen LogP contribution in [0.15, 0.2) is 36.5 Å². The van der Waals surface area contributed by atoms with Gasteiger partial charge in [0, 0.05) is 30.5 Å². The van der Waals surface area contributed by atoms with Gasteiger partial charge >= 0.3 is 0 Å². The molecule has 1 heterocycles. The molecule has 4 nitrogen and oxygen atoms in total. The first kappa shape index (κ1) is 18.2. The Morgan fingerprint density at radius 1 is 1.21 bits per heavy atom. The Bertz CT molecular complexity index is 702. The van der Waals surface area contributed by atoms with Crippen molar-refractivity contribution >= 4 is 29.0 Å². The molecule has 0 atom stereocenters. The monoisotopic (exact) mass is 349 g/mol. The Morgan fingerprint density at radius 2 is 1.92 bits per heavy atom. The molecule has 0 aliphatic rings. The van der Waals surface area contributed by atoms with Crippen molar-refractivity contribution in [3.05, 3.63) is 52.9 Å². The molecule has 0 saturated heterocycles. The van der Waals surface area contributed by atoms with Crippen molar-refractivity contribution in [2.45, 2.75) is 26.7 Å². The molecule has 0 unspecified atom stereocenters. The highest BCUT2D eigenvalue weighted by Crippen LogP contribution is 2.20. The minimum absolute atomic E-state index is 0.0275. The second-order valence-electron chi connectivity index (χ2n) is 5.47. The molecule has 0 aliphatic carbocycles. The zero-order valence-electron chi connectivity index (χ0n) is 13.9. The number of carbonyl (C=O) groups is 1. The van der Waals surface area contributed by atoms with Crippen molar-refractivity contribution < 1.29 is 9.18 Å². The second-order valence-corrected chi connectivity index (χ2v) is 5.88. The van der Waals surface area contributed by atoms with Gasteiger partial charge in [0.25, 0.3) is 5.91 Å². The highest BCUT2D eigenvalue weighted by molar-refractivity contribution is 6.31. The molecule has 1 aromatic carbocycles. The number of carbonyl (C=O) groups excluding carboxylic acids is 1. The molecule has 0 radical (unpaired) electrons. The van der Waals surface area contributed by atoms with E-state index in [4.69, 9.17) is 11.6 Å². The number of amides is 1. The lowest BCUT2D eigenvalue weighted by Crippen LogP contribution is -2.26. The summed E-state index contributed by atoms with van der Waals surface area (Å²) in [5.74, 6) is -0.0200. The van der Waals surface area contributed by atoms with E-state index in [0.717, 1.165) is 31.7 Å². The Balaban J connectivity index is 2.17. The summed E-state index contributed by atoms with van der Waals surface area (Å²) in [5.41, 5.74) is 0.946.